The van der Waals surface area contributed by atoms with Gasteiger partial charge in [-0.1, -0.05) is 32.4 Å². The summed E-state index contributed by atoms with van der Waals surface area (Å²) in [5.74, 6) is 0.455. The number of aliphatic carboxylic acids is 1. The molecule has 0 saturated carbocycles. The Kier molecular flexibility index (Phi) is 3.58. The quantitative estimate of drug-likeness (QED) is 0.724. The van der Waals surface area contributed by atoms with Gasteiger partial charge in [-0.2, -0.15) is 0 Å². The minimum atomic E-state index is -0.683. The van der Waals surface area contributed by atoms with Crippen LogP contribution in [0.4, 0.5) is 0 Å². The van der Waals surface area contributed by atoms with Gasteiger partial charge in [0.15, 0.2) is 0 Å². The number of carbonyl (C=O) groups is 1. The fourth-order valence-corrected chi connectivity index (χ4v) is 2.50. The van der Waals surface area contributed by atoms with E-state index in [0.717, 1.165) is 12.0 Å². The van der Waals surface area contributed by atoms with Crippen molar-refractivity contribution in [2.45, 2.75) is 47.0 Å². The summed E-state index contributed by atoms with van der Waals surface area (Å²) in [6.07, 6.45) is 4.98. The lowest BCUT2D eigenvalue weighted by atomic mass is 9.71. The van der Waals surface area contributed by atoms with Gasteiger partial charge < -0.3 is 5.11 Å². The zero-order chi connectivity index (χ0) is 11.6. The van der Waals surface area contributed by atoms with Crippen LogP contribution in [0.2, 0.25) is 0 Å². The highest BCUT2D eigenvalue weighted by atomic mass is 16.4. The lowest BCUT2D eigenvalue weighted by Crippen LogP contribution is -2.31. The van der Waals surface area contributed by atoms with Crippen molar-refractivity contribution in [2.24, 2.45) is 17.3 Å². The number of allylic oxidation sites excluding steroid dienone is 1. The molecule has 0 bridgehead atoms. The van der Waals surface area contributed by atoms with Crippen molar-refractivity contribution in [3.8, 4) is 0 Å². The van der Waals surface area contributed by atoms with Gasteiger partial charge >= 0.3 is 5.97 Å². The maximum Gasteiger partial charge on any atom is 0.313 e. The molecule has 0 spiro atoms. The Bertz CT molecular complexity index is 280. The second-order valence-electron chi connectivity index (χ2n) is 5.20. The van der Waals surface area contributed by atoms with E-state index in [1.165, 1.54) is 6.42 Å². The molecule has 1 aliphatic carbocycles. The Morgan fingerprint density at radius 2 is 2.20 bits per heavy atom. The van der Waals surface area contributed by atoms with Gasteiger partial charge in [0.2, 0.25) is 0 Å². The van der Waals surface area contributed by atoms with Gasteiger partial charge in [-0.15, -0.1) is 0 Å². The van der Waals surface area contributed by atoms with Crippen molar-refractivity contribution < 1.29 is 9.90 Å². The highest BCUT2D eigenvalue weighted by molar-refractivity contribution is 5.78. The largest absolute Gasteiger partial charge is 0.481 e. The monoisotopic (exact) mass is 210 g/mol. The number of carboxylic acid groups (broad SMARTS) is 1. The smallest absolute Gasteiger partial charge is 0.313 e. The van der Waals surface area contributed by atoms with Crippen molar-refractivity contribution in [1.29, 1.82) is 0 Å². The normalized spacial score (nSPS) is 30.5. The van der Waals surface area contributed by atoms with Gasteiger partial charge in [-0.25, -0.2) is 0 Å². The van der Waals surface area contributed by atoms with E-state index < -0.39 is 11.4 Å². The van der Waals surface area contributed by atoms with Gasteiger partial charge in [-0.05, 0) is 38.0 Å². The van der Waals surface area contributed by atoms with Crippen LogP contribution in [0, 0.1) is 17.3 Å². The van der Waals surface area contributed by atoms with Crippen LogP contribution in [-0.4, -0.2) is 11.1 Å². The third kappa shape index (κ3) is 2.42. The van der Waals surface area contributed by atoms with Crippen molar-refractivity contribution in [3.05, 3.63) is 11.6 Å². The molecule has 1 N–H and O–H groups in total. The molecule has 15 heavy (non-hydrogen) atoms. The summed E-state index contributed by atoms with van der Waals surface area (Å²) in [5, 5.41) is 9.32. The predicted octanol–water partition coefficient (Wildman–Crippen LogP) is 3.48. The van der Waals surface area contributed by atoms with Gasteiger partial charge in [0, 0.05) is 0 Å². The van der Waals surface area contributed by atoms with E-state index >= 15 is 0 Å². The molecule has 2 nitrogen and oxygen atoms in total. The van der Waals surface area contributed by atoms with Crippen LogP contribution < -0.4 is 0 Å². The van der Waals surface area contributed by atoms with E-state index in [1.54, 1.807) is 0 Å². The van der Waals surface area contributed by atoms with E-state index in [1.807, 2.05) is 13.8 Å². The zero-order valence-electron chi connectivity index (χ0n) is 10.2. The van der Waals surface area contributed by atoms with Crippen molar-refractivity contribution in [3.63, 3.8) is 0 Å². The van der Waals surface area contributed by atoms with Crippen LogP contribution in [0.1, 0.15) is 47.0 Å². The summed E-state index contributed by atoms with van der Waals surface area (Å²) >= 11 is 0. The highest BCUT2D eigenvalue weighted by Crippen LogP contribution is 2.40. The van der Waals surface area contributed by atoms with Crippen LogP contribution in [0.5, 0.6) is 0 Å². The van der Waals surface area contributed by atoms with E-state index in [0.29, 0.717) is 18.3 Å². The first kappa shape index (κ1) is 12.3. The summed E-state index contributed by atoms with van der Waals surface area (Å²) < 4.78 is 0. The second-order valence-corrected chi connectivity index (χ2v) is 5.20. The summed E-state index contributed by atoms with van der Waals surface area (Å²) in [7, 11) is 0. The SMILES string of the molecule is CCC(C)(C(=O)O)C1=CC(C)CC(C)C1. The van der Waals surface area contributed by atoms with Crippen molar-refractivity contribution in [1.82, 2.24) is 0 Å². The third-order valence-electron chi connectivity index (χ3n) is 3.72. The summed E-state index contributed by atoms with van der Waals surface area (Å²) in [6.45, 7) is 8.19. The molecule has 1 rings (SSSR count). The number of hydrogen-bond acceptors (Lipinski definition) is 1. The minimum absolute atomic E-state index is 0.522. The molecule has 3 atom stereocenters. The van der Waals surface area contributed by atoms with Crippen LogP contribution in [0.25, 0.3) is 0 Å². The summed E-state index contributed by atoms with van der Waals surface area (Å²) in [4.78, 5) is 11.3. The summed E-state index contributed by atoms with van der Waals surface area (Å²) in [5.41, 5.74) is 0.479. The molecule has 3 unspecified atom stereocenters. The lowest BCUT2D eigenvalue weighted by Gasteiger charge is -2.33. The number of carboxylic acids is 1. The first-order valence-electron chi connectivity index (χ1n) is 5.84. The first-order valence-corrected chi connectivity index (χ1v) is 5.84. The Hall–Kier alpha value is -0.790. The van der Waals surface area contributed by atoms with E-state index in [9.17, 15) is 9.90 Å². The molecule has 0 aromatic heterocycles. The first-order chi connectivity index (χ1) is 6.90. The Balaban J connectivity index is 2.99. The maximum atomic E-state index is 11.3. The number of hydrogen-bond donors (Lipinski definition) is 1. The maximum absolute atomic E-state index is 11.3. The van der Waals surface area contributed by atoms with Crippen molar-refractivity contribution >= 4 is 5.97 Å². The molecule has 0 amide bonds. The van der Waals surface area contributed by atoms with Gasteiger partial charge in [0.1, 0.15) is 0 Å². The molecular weight excluding hydrogens is 188 g/mol. The molecule has 0 aromatic rings. The predicted molar refractivity (Wildman–Crippen MR) is 61.7 cm³/mol. The van der Waals surface area contributed by atoms with Crippen LogP contribution in [-0.2, 0) is 4.79 Å². The van der Waals surface area contributed by atoms with E-state index in [2.05, 4.69) is 19.9 Å². The number of rotatable bonds is 3. The third-order valence-corrected chi connectivity index (χ3v) is 3.72. The molecule has 0 aliphatic heterocycles. The Labute approximate surface area is 92.4 Å². The molecular formula is C13H22O2. The molecule has 2 heteroatoms. The molecule has 0 heterocycles. The van der Waals surface area contributed by atoms with Crippen LogP contribution >= 0.6 is 0 Å². The standard InChI is InChI=1S/C13H22O2/c1-5-13(4,12(14)15)11-7-9(2)6-10(3)8-11/h7,9-10H,5-6,8H2,1-4H3,(H,14,15). The van der Waals surface area contributed by atoms with Gasteiger partial charge in [-0.3, -0.25) is 4.79 Å². The Morgan fingerprint density at radius 3 is 2.60 bits per heavy atom. The average Bonchev–Trinajstić information content (AvgIpc) is 2.14. The highest BCUT2D eigenvalue weighted by Gasteiger charge is 2.37. The molecule has 86 valence electrons. The molecule has 0 fully saturated rings. The average molecular weight is 210 g/mol. The van der Waals surface area contributed by atoms with Crippen LogP contribution in [0.15, 0.2) is 11.6 Å². The Morgan fingerprint density at radius 1 is 1.60 bits per heavy atom. The van der Waals surface area contributed by atoms with Crippen molar-refractivity contribution in [2.75, 3.05) is 0 Å². The second kappa shape index (κ2) is 4.38. The van der Waals surface area contributed by atoms with E-state index in [-0.39, 0.29) is 0 Å². The fraction of sp³-hybridized carbons (Fsp3) is 0.769. The molecule has 0 radical (unpaired) electrons. The molecule has 0 saturated heterocycles. The van der Waals surface area contributed by atoms with Gasteiger partial charge in [0.05, 0.1) is 5.41 Å². The minimum Gasteiger partial charge on any atom is -0.481 e. The lowest BCUT2D eigenvalue weighted by molar-refractivity contribution is -0.146. The fourth-order valence-electron chi connectivity index (χ4n) is 2.50. The zero-order valence-corrected chi connectivity index (χ0v) is 10.2. The van der Waals surface area contributed by atoms with Gasteiger partial charge in [0.25, 0.3) is 0 Å². The molecule has 1 aliphatic rings. The summed E-state index contributed by atoms with van der Waals surface area (Å²) in [6, 6.07) is 0. The van der Waals surface area contributed by atoms with Crippen LogP contribution in [0.3, 0.4) is 0 Å². The van der Waals surface area contributed by atoms with E-state index in [4.69, 9.17) is 0 Å². The topological polar surface area (TPSA) is 37.3 Å². The molecule has 0 aromatic carbocycles.